The number of nitrogens with zero attached hydrogens (tertiary/aromatic N) is 1. The van der Waals surface area contributed by atoms with E-state index in [9.17, 15) is 0 Å². The molecule has 0 saturated heterocycles. The van der Waals surface area contributed by atoms with Crippen LogP contribution in [-0.2, 0) is 5.41 Å². The lowest BCUT2D eigenvalue weighted by molar-refractivity contribution is 0.773. The summed E-state index contributed by atoms with van der Waals surface area (Å²) in [7, 11) is 0. The van der Waals surface area contributed by atoms with Crippen LogP contribution in [-0.4, -0.2) is 2.78 Å². The molecule has 0 amide bonds. The predicted molar refractivity (Wildman–Crippen MR) is 164 cm³/mol. The van der Waals surface area contributed by atoms with E-state index < -0.39 is 5.41 Å². The van der Waals surface area contributed by atoms with Gasteiger partial charge in [0.25, 0.3) is 0 Å². The molecule has 0 N–H and O–H groups in total. The average molecular weight is 583 g/mol. The van der Waals surface area contributed by atoms with E-state index in [2.05, 4.69) is 159 Å². The number of rotatable bonds is 2. The van der Waals surface area contributed by atoms with E-state index in [0.29, 0.717) is 0 Å². The van der Waals surface area contributed by atoms with Crippen LogP contribution in [0, 0.1) is 0 Å². The first kappa shape index (κ1) is 21.2. The SMILES string of the molecule is In1c2cc3ccccc3cc2c2ccc3c(c21)C(c1ccccc1)(c1ccccc1)c1ccccc1-3. The Balaban J connectivity index is 1.63. The highest BCUT2D eigenvalue weighted by Crippen LogP contribution is 2.58. The summed E-state index contributed by atoms with van der Waals surface area (Å²) in [6, 6.07) is 49.2. The minimum absolute atomic E-state index is 0.412. The largest absolute Gasteiger partial charge is 0.281 e. The quantitative estimate of drug-likeness (QED) is 0.179. The first-order valence-electron chi connectivity index (χ1n) is 12.7. The highest BCUT2D eigenvalue weighted by Gasteiger charge is 2.47. The maximum Gasteiger partial charge on any atom is 0.0734 e. The van der Waals surface area contributed by atoms with Gasteiger partial charge in [-0.2, -0.15) is 0 Å². The van der Waals surface area contributed by atoms with Gasteiger partial charge in [-0.05, 0) is 50.7 Å². The minimum Gasteiger partial charge on any atom is -0.281 e. The summed E-state index contributed by atoms with van der Waals surface area (Å²) in [5.74, 6) is 0. The lowest BCUT2D eigenvalue weighted by Crippen LogP contribution is -2.29. The van der Waals surface area contributed by atoms with Gasteiger partial charge in [0.1, 0.15) is 0 Å². The molecule has 7 aromatic rings. The van der Waals surface area contributed by atoms with Crippen LogP contribution < -0.4 is 0 Å². The highest BCUT2D eigenvalue weighted by molar-refractivity contribution is 14.1. The van der Waals surface area contributed by atoms with Gasteiger partial charge in [0.15, 0.2) is 0 Å². The van der Waals surface area contributed by atoms with Gasteiger partial charge in [-0.1, -0.05) is 121 Å². The zero-order valence-corrected chi connectivity index (χ0v) is 22.2. The number of fused-ring (bicyclic) bond motifs is 8. The Bertz CT molecular complexity index is 1940. The van der Waals surface area contributed by atoms with Crippen molar-refractivity contribution in [2.75, 3.05) is 0 Å². The lowest BCUT2D eigenvalue weighted by Gasteiger charge is -2.34. The molecule has 0 spiro atoms. The average Bonchev–Trinajstić information content (AvgIpc) is 3.42. The fourth-order valence-electron chi connectivity index (χ4n) is 6.67. The molecular formula is C35H22IN. The summed E-state index contributed by atoms with van der Waals surface area (Å²) in [4.78, 5) is 0. The minimum atomic E-state index is -0.412. The van der Waals surface area contributed by atoms with Crippen molar-refractivity contribution in [1.29, 1.82) is 0 Å². The summed E-state index contributed by atoms with van der Waals surface area (Å²) in [6.45, 7) is 0. The molecule has 1 heterocycles. The first-order chi connectivity index (χ1) is 18.3. The van der Waals surface area contributed by atoms with Crippen LogP contribution in [0.4, 0.5) is 0 Å². The van der Waals surface area contributed by atoms with Crippen LogP contribution in [0.3, 0.4) is 0 Å². The summed E-state index contributed by atoms with van der Waals surface area (Å²) in [6.07, 6.45) is 0. The van der Waals surface area contributed by atoms with Gasteiger partial charge in [-0.3, -0.25) is 2.78 Å². The summed E-state index contributed by atoms with van der Waals surface area (Å²) >= 11 is 2.53. The van der Waals surface area contributed by atoms with Crippen molar-refractivity contribution in [1.82, 2.24) is 2.78 Å². The standard InChI is InChI=1S/C35H22IN/c36-37-32-22-24-12-8-7-11-23(24)21-30(32)29-20-19-28-27-17-9-10-18-31(27)35(33(28)34(29)37,25-13-3-1-4-14-25)26-15-5-2-6-16-26/h1-22H. The van der Waals surface area contributed by atoms with E-state index in [1.807, 2.05) is 0 Å². The number of halogens is 1. The van der Waals surface area contributed by atoms with Crippen molar-refractivity contribution >= 4 is 55.4 Å². The van der Waals surface area contributed by atoms with Crippen LogP contribution >= 0.6 is 22.9 Å². The van der Waals surface area contributed by atoms with E-state index in [4.69, 9.17) is 0 Å². The number of aromatic nitrogens is 1. The number of hydrogen-bond donors (Lipinski definition) is 0. The molecule has 174 valence electrons. The van der Waals surface area contributed by atoms with Gasteiger partial charge in [0, 0.05) is 16.3 Å². The third-order valence-electron chi connectivity index (χ3n) is 8.15. The van der Waals surface area contributed by atoms with Crippen LogP contribution in [0.25, 0.3) is 43.7 Å². The smallest absolute Gasteiger partial charge is 0.0734 e. The summed E-state index contributed by atoms with van der Waals surface area (Å²) < 4.78 is 2.40. The normalized spacial score (nSPS) is 13.8. The van der Waals surface area contributed by atoms with Crippen molar-refractivity contribution in [3.05, 3.63) is 156 Å². The molecule has 1 aliphatic rings. The Kier molecular flexibility index (Phi) is 4.47. The van der Waals surface area contributed by atoms with E-state index in [0.717, 1.165) is 0 Å². The maximum absolute atomic E-state index is 2.53. The molecule has 6 aromatic carbocycles. The Labute approximate surface area is 229 Å². The number of hydrogen-bond acceptors (Lipinski definition) is 0. The molecular weight excluding hydrogens is 561 g/mol. The van der Waals surface area contributed by atoms with Crippen molar-refractivity contribution in [3.8, 4) is 11.1 Å². The van der Waals surface area contributed by atoms with E-state index in [1.165, 1.54) is 66.0 Å². The van der Waals surface area contributed by atoms with Gasteiger partial charge in [0.2, 0.25) is 0 Å². The lowest BCUT2D eigenvalue weighted by atomic mass is 9.67. The molecule has 1 aliphatic carbocycles. The van der Waals surface area contributed by atoms with Gasteiger partial charge in [-0.25, -0.2) is 0 Å². The summed E-state index contributed by atoms with van der Waals surface area (Å²) in [5.41, 5.74) is 10.1. The summed E-state index contributed by atoms with van der Waals surface area (Å²) in [5, 5.41) is 5.16. The van der Waals surface area contributed by atoms with Crippen molar-refractivity contribution < 1.29 is 0 Å². The van der Waals surface area contributed by atoms with Crippen molar-refractivity contribution in [2.45, 2.75) is 5.41 Å². The van der Waals surface area contributed by atoms with E-state index in [1.54, 1.807) is 0 Å². The monoisotopic (exact) mass is 583 g/mol. The maximum atomic E-state index is 2.53. The van der Waals surface area contributed by atoms with Crippen molar-refractivity contribution in [2.24, 2.45) is 0 Å². The van der Waals surface area contributed by atoms with Crippen LogP contribution in [0.2, 0.25) is 0 Å². The number of benzene rings is 6. The predicted octanol–water partition coefficient (Wildman–Crippen LogP) is 9.51. The molecule has 0 atom stereocenters. The fraction of sp³-hybridized carbons (Fsp3) is 0.0286. The molecule has 0 bridgehead atoms. The topological polar surface area (TPSA) is 4.93 Å². The van der Waals surface area contributed by atoms with Gasteiger partial charge in [-0.15, -0.1) is 0 Å². The zero-order valence-electron chi connectivity index (χ0n) is 20.0. The van der Waals surface area contributed by atoms with Crippen LogP contribution in [0.1, 0.15) is 22.3 Å². The molecule has 37 heavy (non-hydrogen) atoms. The molecule has 2 heteroatoms. The first-order valence-corrected chi connectivity index (χ1v) is 13.6. The Morgan fingerprint density at radius 3 is 1.81 bits per heavy atom. The Hall–Kier alpha value is -3.89. The van der Waals surface area contributed by atoms with Gasteiger partial charge >= 0.3 is 0 Å². The fourth-order valence-corrected chi connectivity index (χ4v) is 7.57. The second-order valence-electron chi connectivity index (χ2n) is 9.91. The molecule has 1 aromatic heterocycles. The third-order valence-corrected chi connectivity index (χ3v) is 9.15. The second-order valence-corrected chi connectivity index (χ2v) is 10.9. The van der Waals surface area contributed by atoms with Crippen LogP contribution in [0.15, 0.2) is 133 Å². The molecule has 0 saturated carbocycles. The molecule has 0 fully saturated rings. The van der Waals surface area contributed by atoms with E-state index in [-0.39, 0.29) is 0 Å². The third kappa shape index (κ3) is 2.74. The van der Waals surface area contributed by atoms with Crippen molar-refractivity contribution in [3.63, 3.8) is 0 Å². The van der Waals surface area contributed by atoms with E-state index >= 15 is 0 Å². The Morgan fingerprint density at radius 2 is 1.11 bits per heavy atom. The highest BCUT2D eigenvalue weighted by atomic mass is 127. The van der Waals surface area contributed by atoms with Crippen LogP contribution in [0.5, 0.6) is 0 Å². The molecule has 0 unspecified atom stereocenters. The molecule has 1 nitrogen and oxygen atoms in total. The molecule has 0 aliphatic heterocycles. The molecule has 0 radical (unpaired) electrons. The molecule has 8 rings (SSSR count). The van der Waals surface area contributed by atoms with Gasteiger partial charge in [0.05, 0.1) is 39.3 Å². The Morgan fingerprint density at radius 1 is 0.514 bits per heavy atom. The zero-order chi connectivity index (χ0) is 24.6. The second kappa shape index (κ2) is 7.80. The van der Waals surface area contributed by atoms with Gasteiger partial charge < -0.3 is 0 Å².